The normalized spacial score (nSPS) is 12.7. The number of hydrogen-bond acceptors (Lipinski definition) is 9. The Morgan fingerprint density at radius 2 is 1.35 bits per heavy atom. The van der Waals surface area contributed by atoms with Gasteiger partial charge in [0.05, 0.1) is 23.3 Å². The summed E-state index contributed by atoms with van der Waals surface area (Å²) in [4.78, 5) is 68.0. The Labute approximate surface area is 317 Å². The van der Waals surface area contributed by atoms with E-state index in [1.165, 1.54) is 41.1 Å². The zero-order chi connectivity index (χ0) is 40.6. The minimum absolute atomic E-state index is 0.00414. The second-order valence-electron chi connectivity index (χ2n) is 12.3. The van der Waals surface area contributed by atoms with E-state index < -0.39 is 40.5 Å². The molecule has 3 N–H and O–H groups in total. The molecular weight excluding hydrogens is 742 g/mol. The average molecular weight is 775 g/mol. The van der Waals surface area contributed by atoms with Crippen molar-refractivity contribution in [1.82, 2.24) is 9.13 Å². The summed E-state index contributed by atoms with van der Waals surface area (Å²) in [6, 6.07) is 13.0. The number of carboxylic acid groups (broad SMARTS) is 1. The van der Waals surface area contributed by atoms with Crippen molar-refractivity contribution in [2.75, 3.05) is 17.2 Å². The molecule has 0 aliphatic heterocycles. The number of nitrogens with one attached hydrogen (secondary N) is 2. The van der Waals surface area contributed by atoms with Gasteiger partial charge in [-0.05, 0) is 110 Å². The predicted molar refractivity (Wildman–Crippen MR) is 192 cm³/mol. The lowest BCUT2D eigenvalue weighted by Gasteiger charge is -2.09. The first-order chi connectivity index (χ1) is 26.1. The third-order valence-corrected chi connectivity index (χ3v) is 8.48. The van der Waals surface area contributed by atoms with Gasteiger partial charge in [-0.1, -0.05) is 0 Å². The fourth-order valence-corrected chi connectivity index (χ4v) is 5.57. The first-order valence-corrected chi connectivity index (χ1v) is 17.0. The number of esters is 1. The van der Waals surface area contributed by atoms with E-state index in [-0.39, 0.29) is 46.5 Å². The zero-order valence-corrected chi connectivity index (χ0v) is 30.4. The number of nitrogens with zero attached hydrogens (tertiary/aromatic N) is 4. The van der Waals surface area contributed by atoms with Gasteiger partial charge in [0, 0.05) is 37.9 Å². The number of ketones is 1. The van der Waals surface area contributed by atoms with Crippen LogP contribution >= 0.6 is 11.6 Å². The molecule has 2 aliphatic rings. The Morgan fingerprint density at radius 1 is 0.836 bits per heavy atom. The highest BCUT2D eigenvalue weighted by atomic mass is 35.5. The van der Waals surface area contributed by atoms with Crippen LogP contribution in [0.25, 0.3) is 0 Å². The minimum Gasteiger partial charge on any atom is -0.475 e. The first-order valence-electron chi connectivity index (χ1n) is 16.6. The molecule has 14 nitrogen and oxygen atoms in total. The molecule has 0 atom stereocenters. The molecule has 6 rings (SSSR count). The van der Waals surface area contributed by atoms with Crippen LogP contribution in [0.5, 0.6) is 0 Å². The number of anilines is 2. The largest absolute Gasteiger partial charge is 0.475 e. The number of Topliss-reactive ketones (excluding diaryl/α,β-unsaturated/α-hetero) is 1. The number of carbonyl (C=O) groups is 6. The Hall–Kier alpha value is -6.65. The number of carbonyl (C=O) groups excluding carboxylic acids is 5. The number of aromatic nitrogens is 2. The Bertz CT molecular complexity index is 2280. The Morgan fingerprint density at radius 3 is 1.76 bits per heavy atom. The molecular formula is C38H33ClF2N6O8. The van der Waals surface area contributed by atoms with E-state index in [0.29, 0.717) is 22.9 Å². The van der Waals surface area contributed by atoms with E-state index in [1.54, 1.807) is 30.7 Å². The second-order valence-corrected chi connectivity index (χ2v) is 12.7. The summed E-state index contributed by atoms with van der Waals surface area (Å²) in [6.07, 6.45) is 6.95. The zero-order valence-electron chi connectivity index (χ0n) is 29.6. The van der Waals surface area contributed by atoms with Gasteiger partial charge in [0.25, 0.3) is 17.6 Å². The van der Waals surface area contributed by atoms with Crippen LogP contribution < -0.4 is 10.6 Å². The molecule has 0 saturated heterocycles. The second kappa shape index (κ2) is 17.9. The van der Waals surface area contributed by atoms with E-state index >= 15 is 0 Å². The maximum atomic E-state index is 13.4. The van der Waals surface area contributed by atoms with Gasteiger partial charge in [-0.2, -0.15) is 10.5 Å². The molecule has 0 radical (unpaired) electrons. The van der Waals surface area contributed by atoms with E-state index in [0.717, 1.165) is 37.3 Å². The molecule has 2 fully saturated rings. The van der Waals surface area contributed by atoms with Gasteiger partial charge in [0.15, 0.2) is 0 Å². The first kappa shape index (κ1) is 41.1. The molecule has 0 spiro atoms. The number of halogens is 3. The van der Waals surface area contributed by atoms with Crippen LogP contribution in [0.2, 0.25) is 0 Å². The SMILES string of the molecule is CCOC(=O)C(=O)Cl.Cn1cc(C(=O)C(=O)O)c(C2CC2)c1C(=O)Nc1ccc(F)c(C#N)c1.Cn1ccc(C2CC2)c1C(=O)Nc1ccc(F)c(C#N)c1. The van der Waals surface area contributed by atoms with Crippen LogP contribution in [-0.4, -0.2) is 55.6 Å². The summed E-state index contributed by atoms with van der Waals surface area (Å²) in [5, 5.41) is 30.9. The smallest absolute Gasteiger partial charge is 0.391 e. The van der Waals surface area contributed by atoms with Crippen LogP contribution in [0.3, 0.4) is 0 Å². The van der Waals surface area contributed by atoms with Gasteiger partial charge < -0.3 is 29.6 Å². The van der Waals surface area contributed by atoms with Crippen LogP contribution in [-0.2, 0) is 33.2 Å². The van der Waals surface area contributed by atoms with Gasteiger partial charge in [-0.25, -0.2) is 18.4 Å². The monoisotopic (exact) mass is 774 g/mol. The molecule has 4 aromatic rings. The van der Waals surface area contributed by atoms with E-state index in [2.05, 4.69) is 15.4 Å². The third kappa shape index (κ3) is 10.3. The molecule has 55 heavy (non-hydrogen) atoms. The van der Waals surface area contributed by atoms with Gasteiger partial charge in [0.1, 0.15) is 35.2 Å². The maximum absolute atomic E-state index is 13.4. The molecule has 17 heteroatoms. The summed E-state index contributed by atoms with van der Waals surface area (Å²) in [7, 11) is 3.37. The van der Waals surface area contributed by atoms with Crippen LogP contribution in [0, 0.1) is 34.3 Å². The standard InChI is InChI=1S/C18H14FN3O4.C16H14FN3O.C4H5ClO3/c1-22-8-12(16(23)18(25)26)14(9-2-3-9)15(22)17(24)21-11-4-5-13(19)10(6-11)7-20;1-20-7-6-13(10-2-3-10)15(20)16(21)19-12-4-5-14(17)11(8-12)9-18;1-2-8-4(7)3(5)6/h4-6,8-9H,2-3H2,1H3,(H,21,24)(H,25,26);4-8,10H,2-3H2,1H3,(H,19,21);2H2,1H3. The van der Waals surface area contributed by atoms with E-state index in [9.17, 15) is 37.5 Å². The van der Waals surface area contributed by atoms with Crippen molar-refractivity contribution >= 4 is 57.8 Å². The highest BCUT2D eigenvalue weighted by Crippen LogP contribution is 2.44. The number of benzene rings is 2. The van der Waals surface area contributed by atoms with Crippen molar-refractivity contribution in [1.29, 1.82) is 10.5 Å². The number of carboxylic acids is 1. The van der Waals surface area contributed by atoms with E-state index in [4.69, 9.17) is 27.2 Å². The van der Waals surface area contributed by atoms with Crippen LogP contribution in [0.15, 0.2) is 54.9 Å². The lowest BCUT2D eigenvalue weighted by atomic mass is 10.0. The lowest BCUT2D eigenvalue weighted by Crippen LogP contribution is -2.18. The molecule has 284 valence electrons. The van der Waals surface area contributed by atoms with Gasteiger partial charge in [-0.3, -0.25) is 19.2 Å². The van der Waals surface area contributed by atoms with Crippen molar-refractivity contribution < 1.29 is 47.4 Å². The molecule has 2 aliphatic carbocycles. The molecule has 2 aromatic heterocycles. The predicted octanol–water partition coefficient (Wildman–Crippen LogP) is 5.91. The Balaban J connectivity index is 0.000000208. The quantitative estimate of drug-likeness (QED) is 0.0749. The lowest BCUT2D eigenvalue weighted by molar-refractivity contribution is -0.149. The van der Waals surface area contributed by atoms with Crippen LogP contribution in [0.4, 0.5) is 20.2 Å². The van der Waals surface area contributed by atoms with Crippen molar-refractivity contribution in [2.24, 2.45) is 14.1 Å². The fraction of sp³-hybridized carbons (Fsp3) is 0.263. The fourth-order valence-electron chi connectivity index (χ4n) is 5.52. The van der Waals surface area contributed by atoms with E-state index in [1.807, 2.05) is 19.3 Å². The molecule has 2 heterocycles. The van der Waals surface area contributed by atoms with Crippen molar-refractivity contribution in [3.8, 4) is 12.1 Å². The summed E-state index contributed by atoms with van der Waals surface area (Å²) in [6.45, 7) is 1.77. The highest BCUT2D eigenvalue weighted by Gasteiger charge is 2.36. The van der Waals surface area contributed by atoms with Crippen molar-refractivity contribution in [3.63, 3.8) is 0 Å². The minimum atomic E-state index is -1.58. The van der Waals surface area contributed by atoms with Gasteiger partial charge in [0.2, 0.25) is 0 Å². The summed E-state index contributed by atoms with van der Waals surface area (Å²) in [5.41, 5.74) is 2.63. The van der Waals surface area contributed by atoms with Gasteiger partial charge in [-0.15, -0.1) is 0 Å². The topological polar surface area (TPSA) is 213 Å². The maximum Gasteiger partial charge on any atom is 0.391 e. The number of hydrogen-bond donors (Lipinski definition) is 3. The molecule has 2 saturated carbocycles. The number of nitriles is 2. The summed E-state index contributed by atoms with van der Waals surface area (Å²) < 4.78 is 34.1. The summed E-state index contributed by atoms with van der Waals surface area (Å²) >= 11 is 4.69. The number of amides is 2. The summed E-state index contributed by atoms with van der Waals surface area (Å²) in [5.74, 6) is -5.29. The van der Waals surface area contributed by atoms with Crippen molar-refractivity contribution in [3.05, 3.63) is 106 Å². The number of aryl methyl sites for hydroxylation is 2. The number of aliphatic carboxylic acids is 1. The average Bonchev–Trinajstić information content (AvgIpc) is 4.09. The third-order valence-electron chi connectivity index (χ3n) is 8.32. The van der Waals surface area contributed by atoms with Crippen LogP contribution in [0.1, 0.15) is 98.0 Å². The Kier molecular flexibility index (Phi) is 13.4. The number of rotatable bonds is 10. The molecule has 2 aromatic carbocycles. The molecule has 2 amide bonds. The molecule has 0 unspecified atom stereocenters. The number of ether oxygens (including phenoxy) is 1. The highest BCUT2D eigenvalue weighted by molar-refractivity contribution is 6.80. The van der Waals surface area contributed by atoms with Crippen molar-refractivity contribution in [2.45, 2.75) is 44.4 Å². The molecule has 0 bridgehead atoms. The van der Waals surface area contributed by atoms with Gasteiger partial charge >= 0.3 is 17.2 Å².